The number of rotatable bonds is 5. The van der Waals surface area contributed by atoms with Gasteiger partial charge in [-0.05, 0) is 50.3 Å². The zero-order chi connectivity index (χ0) is 18.7. The number of aryl methyl sites for hydroxylation is 1. The second kappa shape index (κ2) is 7.82. The van der Waals surface area contributed by atoms with Crippen LogP contribution in [0.4, 0.5) is 5.69 Å². The molecular formula is C19H22N2O3S2. The molecule has 1 aliphatic rings. The fourth-order valence-electron chi connectivity index (χ4n) is 3.10. The molecule has 7 heteroatoms. The van der Waals surface area contributed by atoms with Crippen LogP contribution >= 0.6 is 11.8 Å². The summed E-state index contributed by atoms with van der Waals surface area (Å²) in [6.45, 7) is 2.27. The zero-order valence-corrected chi connectivity index (χ0v) is 16.4. The van der Waals surface area contributed by atoms with Crippen LogP contribution in [0.15, 0.2) is 58.3 Å². The molecule has 26 heavy (non-hydrogen) atoms. The number of anilines is 1. The summed E-state index contributed by atoms with van der Waals surface area (Å²) in [5, 5.41) is 2.90. The van der Waals surface area contributed by atoms with Crippen molar-refractivity contribution in [3.8, 4) is 0 Å². The highest BCUT2D eigenvalue weighted by molar-refractivity contribution is 7.98. The van der Waals surface area contributed by atoms with Crippen LogP contribution in [0.25, 0.3) is 0 Å². The van der Waals surface area contributed by atoms with Crippen molar-refractivity contribution in [1.29, 1.82) is 0 Å². The minimum Gasteiger partial charge on any atom is -0.324 e. The van der Waals surface area contributed by atoms with Crippen molar-refractivity contribution < 1.29 is 13.2 Å². The number of sulfonamides is 1. The number of benzene rings is 2. The van der Waals surface area contributed by atoms with E-state index < -0.39 is 16.1 Å². The fraction of sp³-hybridized carbons (Fsp3) is 0.316. The van der Waals surface area contributed by atoms with Crippen molar-refractivity contribution >= 4 is 33.4 Å². The van der Waals surface area contributed by atoms with Gasteiger partial charge in [0.05, 0.1) is 10.6 Å². The van der Waals surface area contributed by atoms with E-state index >= 15 is 0 Å². The fourth-order valence-corrected chi connectivity index (χ4v) is 5.31. The molecule has 1 N–H and O–H groups in total. The van der Waals surface area contributed by atoms with Crippen molar-refractivity contribution in [3.63, 3.8) is 0 Å². The van der Waals surface area contributed by atoms with Gasteiger partial charge in [0.2, 0.25) is 15.9 Å². The lowest BCUT2D eigenvalue weighted by Gasteiger charge is -2.24. The van der Waals surface area contributed by atoms with Gasteiger partial charge in [0, 0.05) is 11.4 Å². The number of amides is 1. The number of para-hydroxylation sites is 1. The van der Waals surface area contributed by atoms with E-state index in [1.54, 1.807) is 24.3 Å². The van der Waals surface area contributed by atoms with E-state index in [4.69, 9.17) is 0 Å². The Bertz CT molecular complexity index is 895. The Morgan fingerprint density at radius 3 is 2.54 bits per heavy atom. The minimum absolute atomic E-state index is 0.229. The number of carbonyl (C=O) groups excluding carboxylic acids is 1. The maximum absolute atomic E-state index is 13.0. The van der Waals surface area contributed by atoms with Gasteiger partial charge in [-0.25, -0.2) is 8.42 Å². The lowest BCUT2D eigenvalue weighted by molar-refractivity contribution is -0.119. The summed E-state index contributed by atoms with van der Waals surface area (Å²) in [4.78, 5) is 14.0. The van der Waals surface area contributed by atoms with Gasteiger partial charge < -0.3 is 5.32 Å². The first-order valence-electron chi connectivity index (χ1n) is 8.46. The van der Waals surface area contributed by atoms with Gasteiger partial charge >= 0.3 is 0 Å². The maximum Gasteiger partial charge on any atom is 0.243 e. The van der Waals surface area contributed by atoms with Crippen LogP contribution in [-0.2, 0) is 14.8 Å². The van der Waals surface area contributed by atoms with Crippen LogP contribution in [0.3, 0.4) is 0 Å². The number of carbonyl (C=O) groups is 1. The van der Waals surface area contributed by atoms with Gasteiger partial charge in [-0.2, -0.15) is 4.31 Å². The molecule has 0 bridgehead atoms. The third-order valence-corrected chi connectivity index (χ3v) is 7.22. The van der Waals surface area contributed by atoms with Crippen LogP contribution in [0.1, 0.15) is 18.4 Å². The number of hydrogen-bond acceptors (Lipinski definition) is 4. The molecule has 1 saturated heterocycles. The Kier molecular flexibility index (Phi) is 5.70. The molecule has 3 rings (SSSR count). The molecular weight excluding hydrogens is 368 g/mol. The molecule has 1 amide bonds. The highest BCUT2D eigenvalue weighted by Crippen LogP contribution is 2.29. The largest absolute Gasteiger partial charge is 0.324 e. The Labute approximate surface area is 158 Å². The van der Waals surface area contributed by atoms with Gasteiger partial charge in [0.1, 0.15) is 6.04 Å². The Hall–Kier alpha value is -1.83. The summed E-state index contributed by atoms with van der Waals surface area (Å²) >= 11 is 1.54. The second-order valence-corrected chi connectivity index (χ2v) is 9.01. The van der Waals surface area contributed by atoms with E-state index in [2.05, 4.69) is 5.32 Å². The number of hydrogen-bond donors (Lipinski definition) is 1. The lowest BCUT2D eigenvalue weighted by atomic mass is 10.2. The topological polar surface area (TPSA) is 66.5 Å². The predicted octanol–water partition coefficient (Wildman–Crippen LogP) is 3.51. The van der Waals surface area contributed by atoms with Crippen LogP contribution in [-0.4, -0.2) is 37.5 Å². The molecule has 138 valence electrons. The maximum atomic E-state index is 13.0. The first kappa shape index (κ1) is 18.9. The molecule has 2 aromatic rings. The van der Waals surface area contributed by atoms with E-state index in [9.17, 15) is 13.2 Å². The highest BCUT2D eigenvalue weighted by atomic mass is 32.2. The summed E-state index contributed by atoms with van der Waals surface area (Å²) in [5.74, 6) is -0.278. The van der Waals surface area contributed by atoms with Gasteiger partial charge in [0.25, 0.3) is 0 Å². The summed E-state index contributed by atoms with van der Waals surface area (Å²) in [6, 6.07) is 13.6. The smallest absolute Gasteiger partial charge is 0.243 e. The van der Waals surface area contributed by atoms with Gasteiger partial charge in [-0.15, -0.1) is 11.8 Å². The molecule has 0 unspecified atom stereocenters. The summed E-state index contributed by atoms with van der Waals surface area (Å²) < 4.78 is 27.3. The van der Waals surface area contributed by atoms with E-state index in [1.807, 2.05) is 37.4 Å². The minimum atomic E-state index is -3.69. The first-order valence-corrected chi connectivity index (χ1v) is 11.1. The normalized spacial score (nSPS) is 18.0. The number of nitrogens with zero attached hydrogens (tertiary/aromatic N) is 1. The van der Waals surface area contributed by atoms with Crippen molar-refractivity contribution in [1.82, 2.24) is 4.31 Å². The van der Waals surface area contributed by atoms with Crippen molar-refractivity contribution in [3.05, 3.63) is 54.1 Å². The standard InChI is InChI=1S/C19H22N2O3S2/c1-14-9-11-15(12-10-14)26(23,24)21-13-5-7-17(21)19(22)20-16-6-3-4-8-18(16)25-2/h3-4,6,8-12,17H,5,7,13H2,1-2H3,(H,20,22)/t17-/m0/s1. The average molecular weight is 391 g/mol. The number of nitrogens with one attached hydrogen (secondary N) is 1. The molecule has 1 atom stereocenters. The lowest BCUT2D eigenvalue weighted by Crippen LogP contribution is -2.43. The molecule has 0 saturated carbocycles. The molecule has 1 heterocycles. The first-order chi connectivity index (χ1) is 12.4. The van der Waals surface area contributed by atoms with Crippen LogP contribution in [0.2, 0.25) is 0 Å². The van der Waals surface area contributed by atoms with Gasteiger partial charge in [-0.1, -0.05) is 29.8 Å². The van der Waals surface area contributed by atoms with E-state index in [1.165, 1.54) is 16.1 Å². The monoisotopic (exact) mass is 390 g/mol. The summed E-state index contributed by atoms with van der Waals surface area (Å²) in [6.07, 6.45) is 3.14. The third-order valence-electron chi connectivity index (χ3n) is 4.50. The van der Waals surface area contributed by atoms with E-state index in [0.29, 0.717) is 25.1 Å². The number of thioether (sulfide) groups is 1. The van der Waals surface area contributed by atoms with Crippen molar-refractivity contribution in [2.75, 3.05) is 18.1 Å². The van der Waals surface area contributed by atoms with Crippen molar-refractivity contribution in [2.24, 2.45) is 0 Å². The summed E-state index contributed by atoms with van der Waals surface area (Å²) in [7, 11) is -3.69. The van der Waals surface area contributed by atoms with Crippen LogP contribution < -0.4 is 5.32 Å². The van der Waals surface area contributed by atoms with Crippen LogP contribution in [0, 0.1) is 6.92 Å². The quantitative estimate of drug-likeness (QED) is 0.794. The van der Waals surface area contributed by atoms with Crippen LogP contribution in [0.5, 0.6) is 0 Å². The molecule has 2 aromatic carbocycles. The van der Waals surface area contributed by atoms with Gasteiger partial charge in [0.15, 0.2) is 0 Å². The molecule has 0 aromatic heterocycles. The Morgan fingerprint density at radius 1 is 1.15 bits per heavy atom. The molecule has 0 spiro atoms. The molecule has 1 aliphatic heterocycles. The molecule has 1 fully saturated rings. The summed E-state index contributed by atoms with van der Waals surface area (Å²) in [5.41, 5.74) is 1.71. The van der Waals surface area contributed by atoms with Gasteiger partial charge in [-0.3, -0.25) is 4.79 Å². The molecule has 0 aliphatic carbocycles. The molecule has 5 nitrogen and oxygen atoms in total. The highest BCUT2D eigenvalue weighted by Gasteiger charge is 2.39. The molecule has 0 radical (unpaired) electrons. The Balaban J connectivity index is 1.83. The third kappa shape index (κ3) is 3.79. The van der Waals surface area contributed by atoms with E-state index in [0.717, 1.165) is 10.5 Å². The average Bonchev–Trinajstić information content (AvgIpc) is 3.13. The Morgan fingerprint density at radius 2 is 1.85 bits per heavy atom. The SMILES string of the molecule is CSc1ccccc1NC(=O)[C@@H]1CCCN1S(=O)(=O)c1ccc(C)cc1. The second-order valence-electron chi connectivity index (χ2n) is 6.28. The predicted molar refractivity (Wildman–Crippen MR) is 105 cm³/mol. The zero-order valence-electron chi connectivity index (χ0n) is 14.8. The van der Waals surface area contributed by atoms with E-state index in [-0.39, 0.29) is 10.8 Å². The van der Waals surface area contributed by atoms with Crippen molar-refractivity contribution in [2.45, 2.75) is 35.6 Å².